The number of aryl methyl sites for hydroxylation is 1. The Morgan fingerprint density at radius 2 is 1.57 bits per heavy atom. The lowest BCUT2D eigenvalue weighted by Gasteiger charge is -2.15. The van der Waals surface area contributed by atoms with Gasteiger partial charge in [0, 0.05) is 0 Å². The van der Waals surface area contributed by atoms with Crippen molar-refractivity contribution in [3.63, 3.8) is 0 Å². The van der Waals surface area contributed by atoms with Crippen molar-refractivity contribution in [3.05, 3.63) is 59.7 Å². The van der Waals surface area contributed by atoms with E-state index in [1.54, 1.807) is 24.3 Å². The third-order valence-electron chi connectivity index (χ3n) is 2.96. The molecule has 0 radical (unpaired) electrons. The average Bonchev–Trinajstić information content (AvgIpc) is 2.52. The van der Waals surface area contributed by atoms with Crippen molar-refractivity contribution in [1.29, 1.82) is 5.26 Å². The highest BCUT2D eigenvalue weighted by Crippen LogP contribution is 2.18. The van der Waals surface area contributed by atoms with E-state index < -0.39 is 6.10 Å². The van der Waals surface area contributed by atoms with Crippen molar-refractivity contribution in [2.24, 2.45) is 0 Å². The molecule has 2 rings (SSSR count). The Hall–Kier alpha value is -2.51. The minimum Gasteiger partial charge on any atom is -0.490 e. The zero-order valence-electron chi connectivity index (χ0n) is 11.8. The lowest BCUT2D eigenvalue weighted by atomic mass is 10.2. The van der Waals surface area contributed by atoms with E-state index in [4.69, 9.17) is 14.7 Å². The maximum Gasteiger partial charge on any atom is 0.137 e. The molecule has 0 aliphatic heterocycles. The van der Waals surface area contributed by atoms with Gasteiger partial charge in [-0.1, -0.05) is 30.3 Å². The quantitative estimate of drug-likeness (QED) is 0.885. The molecule has 0 aliphatic rings. The number of para-hydroxylation sites is 2. The van der Waals surface area contributed by atoms with Gasteiger partial charge in [0.25, 0.3) is 0 Å². The highest BCUT2D eigenvalue weighted by Gasteiger charge is 2.09. The largest absolute Gasteiger partial charge is 0.490 e. The lowest BCUT2D eigenvalue weighted by molar-refractivity contribution is 0.0623. The van der Waals surface area contributed by atoms with Gasteiger partial charge in [-0.2, -0.15) is 5.26 Å². The van der Waals surface area contributed by atoms with Crippen LogP contribution in [0.3, 0.4) is 0 Å². The lowest BCUT2D eigenvalue weighted by Crippen LogP contribution is -2.25. The Kier molecular flexibility index (Phi) is 5.19. The van der Waals surface area contributed by atoms with Crippen LogP contribution in [0, 0.1) is 18.3 Å². The number of benzene rings is 2. The number of hydrogen-bond donors (Lipinski definition) is 1. The van der Waals surface area contributed by atoms with E-state index in [0.29, 0.717) is 11.3 Å². The van der Waals surface area contributed by atoms with Crippen molar-refractivity contribution in [2.45, 2.75) is 13.0 Å². The van der Waals surface area contributed by atoms with Gasteiger partial charge < -0.3 is 14.6 Å². The Bertz CT molecular complexity index is 634. The fraction of sp³-hybridized carbons (Fsp3) is 0.235. The van der Waals surface area contributed by atoms with Crippen LogP contribution in [0.2, 0.25) is 0 Å². The third-order valence-corrected chi connectivity index (χ3v) is 2.96. The monoisotopic (exact) mass is 283 g/mol. The second-order valence-corrected chi connectivity index (χ2v) is 4.65. The van der Waals surface area contributed by atoms with Crippen molar-refractivity contribution < 1.29 is 14.6 Å². The summed E-state index contributed by atoms with van der Waals surface area (Å²) in [5.74, 6) is 1.21. The minimum atomic E-state index is -0.767. The molecule has 0 aromatic heterocycles. The summed E-state index contributed by atoms with van der Waals surface area (Å²) in [5, 5.41) is 18.8. The first kappa shape index (κ1) is 14.9. The summed E-state index contributed by atoms with van der Waals surface area (Å²) in [4.78, 5) is 0. The highest BCUT2D eigenvalue weighted by atomic mass is 16.5. The van der Waals surface area contributed by atoms with Crippen molar-refractivity contribution in [1.82, 2.24) is 0 Å². The van der Waals surface area contributed by atoms with Crippen LogP contribution in [0.5, 0.6) is 11.5 Å². The van der Waals surface area contributed by atoms with Gasteiger partial charge in [0.2, 0.25) is 0 Å². The van der Waals surface area contributed by atoms with E-state index in [-0.39, 0.29) is 13.2 Å². The average molecular weight is 283 g/mol. The zero-order valence-corrected chi connectivity index (χ0v) is 11.8. The van der Waals surface area contributed by atoms with E-state index in [9.17, 15) is 5.11 Å². The summed E-state index contributed by atoms with van der Waals surface area (Å²) in [6, 6.07) is 16.6. The van der Waals surface area contributed by atoms with E-state index in [1.165, 1.54) is 0 Å². The van der Waals surface area contributed by atoms with Crippen LogP contribution in [0.1, 0.15) is 11.1 Å². The molecule has 1 unspecified atom stereocenters. The van der Waals surface area contributed by atoms with Crippen LogP contribution in [-0.4, -0.2) is 24.4 Å². The maximum absolute atomic E-state index is 9.89. The molecule has 0 amide bonds. The molecule has 108 valence electrons. The van der Waals surface area contributed by atoms with Gasteiger partial charge in [-0.25, -0.2) is 0 Å². The van der Waals surface area contributed by atoms with Gasteiger partial charge in [0.15, 0.2) is 0 Å². The molecular weight excluding hydrogens is 266 g/mol. The first-order valence-corrected chi connectivity index (χ1v) is 6.69. The zero-order chi connectivity index (χ0) is 15.1. The number of hydrogen-bond acceptors (Lipinski definition) is 4. The van der Waals surface area contributed by atoms with E-state index in [2.05, 4.69) is 0 Å². The topological polar surface area (TPSA) is 62.5 Å². The SMILES string of the molecule is Cc1ccccc1OCC(O)COc1ccccc1C#N. The molecule has 4 nitrogen and oxygen atoms in total. The van der Waals surface area contributed by atoms with Gasteiger partial charge >= 0.3 is 0 Å². The van der Waals surface area contributed by atoms with Crippen LogP contribution in [-0.2, 0) is 0 Å². The van der Waals surface area contributed by atoms with Crippen molar-refractivity contribution >= 4 is 0 Å². The Morgan fingerprint density at radius 1 is 1.00 bits per heavy atom. The van der Waals surface area contributed by atoms with Crippen molar-refractivity contribution in [2.75, 3.05) is 13.2 Å². The predicted octanol–water partition coefficient (Wildman–Crippen LogP) is 2.69. The number of rotatable bonds is 6. The smallest absolute Gasteiger partial charge is 0.137 e. The molecule has 4 heteroatoms. The molecule has 0 saturated carbocycles. The number of aliphatic hydroxyl groups is 1. The van der Waals surface area contributed by atoms with E-state index >= 15 is 0 Å². The van der Waals surface area contributed by atoms with E-state index in [0.717, 1.165) is 11.3 Å². The second-order valence-electron chi connectivity index (χ2n) is 4.65. The highest BCUT2D eigenvalue weighted by molar-refractivity contribution is 5.42. The van der Waals surface area contributed by atoms with Gasteiger partial charge in [0.1, 0.15) is 36.9 Å². The molecule has 21 heavy (non-hydrogen) atoms. The maximum atomic E-state index is 9.89. The number of ether oxygens (including phenoxy) is 2. The van der Waals surface area contributed by atoms with Crippen molar-refractivity contribution in [3.8, 4) is 17.6 Å². The van der Waals surface area contributed by atoms with Gasteiger partial charge in [-0.15, -0.1) is 0 Å². The van der Waals surface area contributed by atoms with Gasteiger partial charge in [0.05, 0.1) is 5.56 Å². The van der Waals surface area contributed by atoms with Crippen LogP contribution >= 0.6 is 0 Å². The van der Waals surface area contributed by atoms with Crippen LogP contribution in [0.4, 0.5) is 0 Å². The molecule has 0 bridgehead atoms. The molecule has 2 aromatic carbocycles. The van der Waals surface area contributed by atoms with Crippen LogP contribution in [0.25, 0.3) is 0 Å². The third kappa shape index (κ3) is 4.23. The molecule has 0 saturated heterocycles. The fourth-order valence-corrected chi connectivity index (χ4v) is 1.82. The summed E-state index contributed by atoms with van der Waals surface area (Å²) >= 11 is 0. The Labute approximate surface area is 124 Å². The summed E-state index contributed by atoms with van der Waals surface area (Å²) in [7, 11) is 0. The minimum absolute atomic E-state index is 0.0740. The fourth-order valence-electron chi connectivity index (χ4n) is 1.82. The van der Waals surface area contributed by atoms with E-state index in [1.807, 2.05) is 37.3 Å². The van der Waals surface area contributed by atoms with Gasteiger partial charge in [-0.3, -0.25) is 0 Å². The summed E-state index contributed by atoms with van der Waals surface area (Å²) in [6.07, 6.45) is -0.767. The summed E-state index contributed by atoms with van der Waals surface area (Å²) < 4.78 is 11.0. The molecule has 0 aliphatic carbocycles. The molecule has 0 fully saturated rings. The Morgan fingerprint density at radius 3 is 2.24 bits per heavy atom. The first-order chi connectivity index (χ1) is 10.2. The molecule has 1 atom stereocenters. The number of nitriles is 1. The molecular formula is C17H17NO3. The molecule has 2 aromatic rings. The predicted molar refractivity (Wildman–Crippen MR) is 79.3 cm³/mol. The molecule has 0 heterocycles. The number of nitrogens with zero attached hydrogens (tertiary/aromatic N) is 1. The molecule has 0 spiro atoms. The standard InChI is InChI=1S/C17H17NO3/c1-13-6-2-4-8-16(13)20-11-15(19)12-21-17-9-5-3-7-14(17)10-18/h2-9,15,19H,11-12H2,1H3. The molecule has 1 N–H and O–H groups in total. The first-order valence-electron chi connectivity index (χ1n) is 6.69. The van der Waals surface area contributed by atoms with Gasteiger partial charge in [-0.05, 0) is 30.7 Å². The normalized spacial score (nSPS) is 11.5. The van der Waals surface area contributed by atoms with Crippen LogP contribution < -0.4 is 9.47 Å². The summed E-state index contributed by atoms with van der Waals surface area (Å²) in [6.45, 7) is 2.16. The van der Waals surface area contributed by atoms with Crippen LogP contribution in [0.15, 0.2) is 48.5 Å². The summed E-state index contributed by atoms with van der Waals surface area (Å²) in [5.41, 5.74) is 1.46. The number of aliphatic hydroxyl groups excluding tert-OH is 1. The second kappa shape index (κ2) is 7.32. The Balaban J connectivity index is 1.84.